The van der Waals surface area contributed by atoms with E-state index in [0.717, 1.165) is 16.7 Å². The molecule has 0 spiro atoms. The Labute approximate surface area is 128 Å². The van der Waals surface area contributed by atoms with E-state index in [4.69, 9.17) is 11.6 Å². The van der Waals surface area contributed by atoms with E-state index in [1.54, 1.807) is 6.07 Å². The Hall–Kier alpha value is -1.87. The Morgan fingerprint density at radius 3 is 2.43 bits per heavy atom. The summed E-state index contributed by atoms with van der Waals surface area (Å²) in [4.78, 5) is 11.4. The Bertz CT molecular complexity index is 655. The number of halogens is 2. The van der Waals surface area contributed by atoms with Gasteiger partial charge in [-0.1, -0.05) is 47.5 Å². The van der Waals surface area contributed by atoms with Crippen LogP contribution in [0, 0.1) is 18.7 Å². The first-order valence-corrected chi connectivity index (χ1v) is 7.06. The number of carboxylic acids is 1. The van der Waals surface area contributed by atoms with Crippen molar-refractivity contribution in [3.8, 4) is 0 Å². The van der Waals surface area contributed by atoms with Crippen LogP contribution in [0.4, 0.5) is 4.39 Å². The van der Waals surface area contributed by atoms with Gasteiger partial charge in [0.25, 0.3) is 0 Å². The third kappa shape index (κ3) is 4.30. The number of benzene rings is 2. The van der Waals surface area contributed by atoms with Crippen molar-refractivity contribution in [2.24, 2.45) is 5.92 Å². The maximum atomic E-state index is 13.1. The van der Waals surface area contributed by atoms with Gasteiger partial charge in [0.2, 0.25) is 0 Å². The number of aliphatic carboxylic acids is 1. The standard InChI is InChI=1S/C17H16ClFO2/c1-11-3-2-4-12(7-11)8-14(17(20)21)9-13-5-6-16(19)15(18)10-13/h2-7,10,14H,8-9H2,1H3,(H,20,21). The van der Waals surface area contributed by atoms with Crippen molar-refractivity contribution >= 4 is 17.6 Å². The number of hydrogen-bond acceptors (Lipinski definition) is 1. The Morgan fingerprint density at radius 1 is 1.19 bits per heavy atom. The summed E-state index contributed by atoms with van der Waals surface area (Å²) in [5.41, 5.74) is 2.80. The highest BCUT2D eigenvalue weighted by Crippen LogP contribution is 2.21. The van der Waals surface area contributed by atoms with Crippen molar-refractivity contribution in [2.45, 2.75) is 19.8 Å². The highest BCUT2D eigenvalue weighted by Gasteiger charge is 2.19. The van der Waals surface area contributed by atoms with Gasteiger partial charge >= 0.3 is 5.97 Å². The molecule has 0 amide bonds. The van der Waals surface area contributed by atoms with E-state index in [0.29, 0.717) is 12.8 Å². The molecule has 0 aromatic heterocycles. The zero-order valence-corrected chi connectivity index (χ0v) is 12.4. The Balaban J connectivity index is 2.15. The van der Waals surface area contributed by atoms with Crippen LogP contribution < -0.4 is 0 Å². The summed E-state index contributed by atoms with van der Waals surface area (Å²) in [5.74, 6) is -1.92. The smallest absolute Gasteiger partial charge is 0.307 e. The summed E-state index contributed by atoms with van der Waals surface area (Å²) >= 11 is 5.74. The maximum Gasteiger partial charge on any atom is 0.307 e. The molecule has 110 valence electrons. The highest BCUT2D eigenvalue weighted by atomic mass is 35.5. The zero-order chi connectivity index (χ0) is 15.4. The van der Waals surface area contributed by atoms with Crippen LogP contribution in [0.25, 0.3) is 0 Å². The average Bonchev–Trinajstić information content (AvgIpc) is 2.42. The molecule has 0 aliphatic carbocycles. The van der Waals surface area contributed by atoms with Crippen LogP contribution in [0.5, 0.6) is 0 Å². The summed E-state index contributed by atoms with van der Waals surface area (Å²) in [5, 5.41) is 9.40. The predicted molar refractivity (Wildman–Crippen MR) is 81.1 cm³/mol. The fourth-order valence-electron chi connectivity index (χ4n) is 2.32. The molecule has 0 radical (unpaired) electrons. The fourth-order valence-corrected chi connectivity index (χ4v) is 2.52. The van der Waals surface area contributed by atoms with Gasteiger partial charge < -0.3 is 5.11 Å². The van der Waals surface area contributed by atoms with Gasteiger partial charge in [0.05, 0.1) is 10.9 Å². The van der Waals surface area contributed by atoms with Gasteiger partial charge in [0, 0.05) is 0 Å². The first-order chi connectivity index (χ1) is 9.95. The van der Waals surface area contributed by atoms with Crippen LogP contribution in [0.15, 0.2) is 42.5 Å². The van der Waals surface area contributed by atoms with Crippen molar-refractivity contribution in [3.63, 3.8) is 0 Å². The summed E-state index contributed by atoms with van der Waals surface area (Å²) in [6, 6.07) is 12.1. The van der Waals surface area contributed by atoms with Gasteiger partial charge in [-0.3, -0.25) is 4.79 Å². The molecule has 1 N–H and O–H groups in total. The molecule has 0 saturated carbocycles. The van der Waals surface area contributed by atoms with Crippen molar-refractivity contribution in [3.05, 3.63) is 70.0 Å². The predicted octanol–water partition coefficient (Wildman–Crippen LogP) is 4.27. The van der Waals surface area contributed by atoms with Crippen LogP contribution in [-0.2, 0) is 17.6 Å². The average molecular weight is 307 g/mol. The third-order valence-electron chi connectivity index (χ3n) is 3.38. The summed E-state index contributed by atoms with van der Waals surface area (Å²) in [7, 11) is 0. The minimum Gasteiger partial charge on any atom is -0.481 e. The lowest BCUT2D eigenvalue weighted by atomic mass is 9.92. The lowest BCUT2D eigenvalue weighted by Crippen LogP contribution is -2.19. The van der Waals surface area contributed by atoms with Gasteiger partial charge in [-0.05, 0) is 43.0 Å². The van der Waals surface area contributed by atoms with E-state index < -0.39 is 17.7 Å². The minimum atomic E-state index is -0.864. The van der Waals surface area contributed by atoms with E-state index in [9.17, 15) is 14.3 Å². The van der Waals surface area contributed by atoms with Gasteiger partial charge in [-0.25, -0.2) is 4.39 Å². The number of rotatable bonds is 5. The van der Waals surface area contributed by atoms with Crippen LogP contribution in [0.2, 0.25) is 5.02 Å². The van der Waals surface area contributed by atoms with Gasteiger partial charge in [0.1, 0.15) is 5.82 Å². The summed E-state index contributed by atoms with van der Waals surface area (Å²) < 4.78 is 13.1. The molecule has 1 unspecified atom stereocenters. The van der Waals surface area contributed by atoms with Crippen molar-refractivity contribution < 1.29 is 14.3 Å². The van der Waals surface area contributed by atoms with Crippen LogP contribution in [0.1, 0.15) is 16.7 Å². The third-order valence-corrected chi connectivity index (χ3v) is 3.67. The second-order valence-corrected chi connectivity index (χ2v) is 5.59. The zero-order valence-electron chi connectivity index (χ0n) is 11.6. The molecule has 21 heavy (non-hydrogen) atoms. The summed E-state index contributed by atoms with van der Waals surface area (Å²) in [6.07, 6.45) is 0.759. The highest BCUT2D eigenvalue weighted by molar-refractivity contribution is 6.30. The molecule has 0 fully saturated rings. The number of hydrogen-bond donors (Lipinski definition) is 1. The van der Waals surface area contributed by atoms with Crippen LogP contribution in [0.3, 0.4) is 0 Å². The van der Waals surface area contributed by atoms with Crippen molar-refractivity contribution in [1.82, 2.24) is 0 Å². The lowest BCUT2D eigenvalue weighted by Gasteiger charge is -2.13. The Kier molecular flexibility index (Phi) is 4.97. The van der Waals surface area contributed by atoms with Gasteiger partial charge in [-0.15, -0.1) is 0 Å². The monoisotopic (exact) mass is 306 g/mol. The minimum absolute atomic E-state index is 0.0206. The van der Waals surface area contributed by atoms with Crippen LogP contribution in [-0.4, -0.2) is 11.1 Å². The SMILES string of the molecule is Cc1cccc(CC(Cc2ccc(F)c(Cl)c2)C(=O)O)c1. The van der Waals surface area contributed by atoms with Crippen LogP contribution >= 0.6 is 11.6 Å². The summed E-state index contributed by atoms with van der Waals surface area (Å²) in [6.45, 7) is 1.97. The number of carbonyl (C=O) groups is 1. The first-order valence-electron chi connectivity index (χ1n) is 6.68. The molecule has 2 rings (SSSR count). The molecule has 0 aliphatic heterocycles. The fraction of sp³-hybridized carbons (Fsp3) is 0.235. The van der Waals surface area contributed by atoms with E-state index in [1.807, 2.05) is 31.2 Å². The van der Waals surface area contributed by atoms with E-state index in [2.05, 4.69) is 0 Å². The van der Waals surface area contributed by atoms with Crippen molar-refractivity contribution in [1.29, 1.82) is 0 Å². The number of carboxylic acid groups (broad SMARTS) is 1. The second-order valence-electron chi connectivity index (χ2n) is 5.18. The largest absolute Gasteiger partial charge is 0.481 e. The lowest BCUT2D eigenvalue weighted by molar-refractivity contribution is -0.141. The van der Waals surface area contributed by atoms with Gasteiger partial charge in [-0.2, -0.15) is 0 Å². The van der Waals surface area contributed by atoms with Crippen molar-refractivity contribution in [2.75, 3.05) is 0 Å². The quantitative estimate of drug-likeness (QED) is 0.895. The molecular weight excluding hydrogens is 291 g/mol. The topological polar surface area (TPSA) is 37.3 Å². The molecule has 2 nitrogen and oxygen atoms in total. The Morgan fingerprint density at radius 2 is 1.86 bits per heavy atom. The van der Waals surface area contributed by atoms with E-state index in [-0.39, 0.29) is 5.02 Å². The van der Waals surface area contributed by atoms with E-state index in [1.165, 1.54) is 12.1 Å². The molecular formula is C17H16ClFO2. The van der Waals surface area contributed by atoms with E-state index >= 15 is 0 Å². The molecule has 0 aliphatic rings. The molecule has 1 atom stereocenters. The first kappa shape index (κ1) is 15.5. The number of aryl methyl sites for hydroxylation is 1. The van der Waals surface area contributed by atoms with Gasteiger partial charge in [0.15, 0.2) is 0 Å². The maximum absolute atomic E-state index is 13.1. The normalized spacial score (nSPS) is 12.1. The molecule has 2 aromatic rings. The molecule has 0 saturated heterocycles. The molecule has 0 bridgehead atoms. The molecule has 0 heterocycles. The molecule has 2 aromatic carbocycles. The molecule has 4 heteroatoms. The second kappa shape index (κ2) is 6.72.